The molecule has 1 saturated heterocycles. The molecule has 0 radical (unpaired) electrons. The minimum atomic E-state index is -0.0644. The van der Waals surface area contributed by atoms with Crippen LogP contribution in [0.15, 0.2) is 47.0 Å². The molecule has 1 amide bonds. The van der Waals surface area contributed by atoms with E-state index in [4.69, 9.17) is 9.26 Å². The normalized spacial score (nSPS) is 16.6. The number of carbonyl (C=O) groups excluding carboxylic acids is 1. The number of carbonyl (C=O) groups is 1. The molecule has 4 rings (SSSR count). The van der Waals surface area contributed by atoms with Crippen molar-refractivity contribution in [3.8, 4) is 17.2 Å². The largest absolute Gasteiger partial charge is 0.496 e. The highest BCUT2D eigenvalue weighted by atomic mass is 16.5. The standard InChI is InChI=1S/C22H23N3O3/c1-14-8-9-18(15(2)10-14)22-23-21(24-28-22)17-11-20(26)25(13-17)12-16-6-4-5-7-19(16)27-3/h4-10,17H,11-13H2,1-3H3/t17-/m0/s1. The summed E-state index contributed by atoms with van der Waals surface area (Å²) < 4.78 is 10.9. The molecular formula is C22H23N3O3. The Morgan fingerprint density at radius 3 is 2.82 bits per heavy atom. The first-order chi connectivity index (χ1) is 13.5. The molecule has 1 atom stereocenters. The lowest BCUT2D eigenvalue weighted by Crippen LogP contribution is -2.24. The third-order valence-electron chi connectivity index (χ3n) is 5.19. The van der Waals surface area contributed by atoms with E-state index in [2.05, 4.69) is 23.1 Å². The number of likely N-dealkylation sites (tertiary alicyclic amines) is 1. The lowest BCUT2D eigenvalue weighted by molar-refractivity contribution is -0.128. The molecule has 0 unspecified atom stereocenters. The fourth-order valence-electron chi connectivity index (χ4n) is 3.70. The van der Waals surface area contributed by atoms with Crippen molar-refractivity contribution in [3.05, 3.63) is 65.0 Å². The van der Waals surface area contributed by atoms with Crippen LogP contribution in [0.1, 0.15) is 34.9 Å². The quantitative estimate of drug-likeness (QED) is 0.675. The van der Waals surface area contributed by atoms with Gasteiger partial charge in [-0.25, -0.2) is 0 Å². The van der Waals surface area contributed by atoms with Gasteiger partial charge in [-0.1, -0.05) is 41.1 Å². The second-order valence-electron chi connectivity index (χ2n) is 7.26. The van der Waals surface area contributed by atoms with Gasteiger partial charge in [0.05, 0.1) is 7.11 Å². The summed E-state index contributed by atoms with van der Waals surface area (Å²) in [5.74, 6) is 1.91. The number of aryl methyl sites for hydroxylation is 2. The predicted octanol–water partition coefficient (Wildman–Crippen LogP) is 3.88. The summed E-state index contributed by atoms with van der Waals surface area (Å²) in [7, 11) is 1.64. The van der Waals surface area contributed by atoms with Gasteiger partial charge < -0.3 is 14.2 Å². The molecule has 1 aliphatic rings. The van der Waals surface area contributed by atoms with Gasteiger partial charge in [0.1, 0.15) is 5.75 Å². The van der Waals surface area contributed by atoms with Crippen LogP contribution in [0.2, 0.25) is 0 Å². The van der Waals surface area contributed by atoms with Crippen LogP contribution in [0.4, 0.5) is 0 Å². The van der Waals surface area contributed by atoms with Gasteiger partial charge in [-0.2, -0.15) is 4.98 Å². The van der Waals surface area contributed by atoms with Crippen molar-refractivity contribution >= 4 is 5.91 Å². The Kier molecular flexibility index (Phi) is 4.86. The fraction of sp³-hybridized carbons (Fsp3) is 0.318. The first-order valence-electron chi connectivity index (χ1n) is 9.36. The molecule has 0 N–H and O–H groups in total. The lowest BCUT2D eigenvalue weighted by atomic mass is 10.1. The second-order valence-corrected chi connectivity index (χ2v) is 7.26. The van der Waals surface area contributed by atoms with Crippen LogP contribution >= 0.6 is 0 Å². The Morgan fingerprint density at radius 2 is 2.04 bits per heavy atom. The zero-order valence-electron chi connectivity index (χ0n) is 16.3. The topological polar surface area (TPSA) is 68.5 Å². The average Bonchev–Trinajstić information content (AvgIpc) is 3.30. The molecule has 1 aliphatic heterocycles. The zero-order valence-corrected chi connectivity index (χ0v) is 16.3. The van der Waals surface area contributed by atoms with Crippen LogP contribution in [0.3, 0.4) is 0 Å². The molecule has 2 aromatic carbocycles. The highest BCUT2D eigenvalue weighted by Gasteiger charge is 2.34. The van der Waals surface area contributed by atoms with Crippen molar-refractivity contribution in [1.82, 2.24) is 15.0 Å². The van der Waals surface area contributed by atoms with Crippen LogP contribution in [0.5, 0.6) is 5.75 Å². The number of rotatable bonds is 5. The Hall–Kier alpha value is -3.15. The Morgan fingerprint density at radius 1 is 1.21 bits per heavy atom. The Balaban J connectivity index is 1.51. The highest BCUT2D eigenvalue weighted by Crippen LogP contribution is 2.31. The summed E-state index contributed by atoms with van der Waals surface area (Å²) in [4.78, 5) is 18.9. The molecule has 6 nitrogen and oxygen atoms in total. The van der Waals surface area contributed by atoms with Crippen molar-refractivity contribution in [1.29, 1.82) is 0 Å². The molecule has 0 bridgehead atoms. The van der Waals surface area contributed by atoms with Gasteiger partial charge in [0, 0.05) is 36.6 Å². The van der Waals surface area contributed by atoms with Crippen molar-refractivity contribution in [2.75, 3.05) is 13.7 Å². The molecule has 28 heavy (non-hydrogen) atoms. The lowest BCUT2D eigenvalue weighted by Gasteiger charge is -2.17. The predicted molar refractivity (Wildman–Crippen MR) is 105 cm³/mol. The summed E-state index contributed by atoms with van der Waals surface area (Å²) >= 11 is 0. The number of benzene rings is 2. The smallest absolute Gasteiger partial charge is 0.258 e. The van der Waals surface area contributed by atoms with Gasteiger partial charge in [-0.05, 0) is 31.5 Å². The first-order valence-corrected chi connectivity index (χ1v) is 9.36. The first kappa shape index (κ1) is 18.2. The number of aromatic nitrogens is 2. The average molecular weight is 377 g/mol. The van der Waals surface area contributed by atoms with Gasteiger partial charge in [0.15, 0.2) is 5.82 Å². The zero-order chi connectivity index (χ0) is 19.7. The molecule has 6 heteroatoms. The van der Waals surface area contributed by atoms with E-state index < -0.39 is 0 Å². The number of para-hydroxylation sites is 1. The maximum atomic E-state index is 12.5. The summed E-state index contributed by atoms with van der Waals surface area (Å²) in [5, 5.41) is 4.16. The summed E-state index contributed by atoms with van der Waals surface area (Å²) in [6, 6.07) is 13.9. The van der Waals surface area contributed by atoms with E-state index in [0.29, 0.717) is 31.2 Å². The van der Waals surface area contributed by atoms with E-state index in [-0.39, 0.29) is 11.8 Å². The van der Waals surface area contributed by atoms with Crippen molar-refractivity contribution in [2.45, 2.75) is 32.7 Å². The van der Waals surface area contributed by atoms with Gasteiger partial charge in [-0.3, -0.25) is 4.79 Å². The number of nitrogens with zero attached hydrogens (tertiary/aromatic N) is 3. The Labute approximate surface area is 164 Å². The molecule has 1 aromatic heterocycles. The van der Waals surface area contributed by atoms with Crippen LogP contribution in [0.25, 0.3) is 11.5 Å². The monoisotopic (exact) mass is 377 g/mol. The number of methoxy groups -OCH3 is 1. The van der Waals surface area contributed by atoms with E-state index in [9.17, 15) is 4.79 Å². The van der Waals surface area contributed by atoms with Gasteiger partial charge in [0.25, 0.3) is 5.89 Å². The molecule has 3 aromatic rings. The highest BCUT2D eigenvalue weighted by molar-refractivity contribution is 5.79. The molecule has 2 heterocycles. The molecule has 1 fully saturated rings. The van der Waals surface area contributed by atoms with Gasteiger partial charge in [-0.15, -0.1) is 0 Å². The third-order valence-corrected chi connectivity index (χ3v) is 5.19. The second kappa shape index (κ2) is 7.46. The minimum absolute atomic E-state index is 0.0644. The number of amides is 1. The fourth-order valence-corrected chi connectivity index (χ4v) is 3.70. The van der Waals surface area contributed by atoms with E-state index in [0.717, 1.165) is 22.4 Å². The molecule has 0 aliphatic carbocycles. The van der Waals surface area contributed by atoms with Crippen molar-refractivity contribution < 1.29 is 14.1 Å². The van der Waals surface area contributed by atoms with E-state index in [1.165, 1.54) is 5.56 Å². The molecule has 0 saturated carbocycles. The SMILES string of the molecule is COc1ccccc1CN1C[C@@H](c2noc(-c3ccc(C)cc3C)n2)CC1=O. The summed E-state index contributed by atoms with van der Waals surface area (Å²) in [5.41, 5.74) is 4.20. The summed E-state index contributed by atoms with van der Waals surface area (Å²) in [6.45, 7) is 5.17. The van der Waals surface area contributed by atoms with E-state index in [1.54, 1.807) is 7.11 Å². The van der Waals surface area contributed by atoms with Crippen molar-refractivity contribution in [3.63, 3.8) is 0 Å². The van der Waals surface area contributed by atoms with Gasteiger partial charge in [0.2, 0.25) is 5.91 Å². The molecular weight excluding hydrogens is 354 g/mol. The van der Waals surface area contributed by atoms with E-state index in [1.807, 2.05) is 48.2 Å². The maximum absolute atomic E-state index is 12.5. The van der Waals surface area contributed by atoms with E-state index >= 15 is 0 Å². The number of hydrogen-bond acceptors (Lipinski definition) is 5. The molecule has 144 valence electrons. The minimum Gasteiger partial charge on any atom is -0.496 e. The summed E-state index contributed by atoms with van der Waals surface area (Å²) in [6.07, 6.45) is 0.390. The number of ether oxygens (including phenoxy) is 1. The molecule has 0 spiro atoms. The number of hydrogen-bond donors (Lipinski definition) is 0. The van der Waals surface area contributed by atoms with Gasteiger partial charge >= 0.3 is 0 Å². The van der Waals surface area contributed by atoms with Crippen LogP contribution < -0.4 is 4.74 Å². The van der Waals surface area contributed by atoms with Crippen LogP contribution in [0, 0.1) is 13.8 Å². The van der Waals surface area contributed by atoms with Crippen LogP contribution in [-0.2, 0) is 11.3 Å². The maximum Gasteiger partial charge on any atom is 0.258 e. The third kappa shape index (κ3) is 3.50. The Bertz CT molecular complexity index is 1010. The van der Waals surface area contributed by atoms with Crippen molar-refractivity contribution in [2.24, 2.45) is 0 Å². The van der Waals surface area contributed by atoms with Crippen LogP contribution in [-0.4, -0.2) is 34.6 Å².